The summed E-state index contributed by atoms with van der Waals surface area (Å²) in [5.74, 6) is 1.06. The van der Waals surface area contributed by atoms with Gasteiger partial charge in [-0.3, -0.25) is 4.79 Å². The van der Waals surface area contributed by atoms with Crippen LogP contribution in [0.4, 0.5) is 0 Å². The van der Waals surface area contributed by atoms with Crippen LogP contribution in [0.25, 0.3) is 22.2 Å². The summed E-state index contributed by atoms with van der Waals surface area (Å²) in [7, 11) is 0. The summed E-state index contributed by atoms with van der Waals surface area (Å²) >= 11 is 0. The normalized spacial score (nSPS) is 11.0. The van der Waals surface area contributed by atoms with Crippen molar-refractivity contribution < 1.29 is 14.3 Å². The number of pyridine rings is 1. The van der Waals surface area contributed by atoms with E-state index in [0.29, 0.717) is 30.3 Å². The Balaban J connectivity index is 1.55. The predicted molar refractivity (Wildman–Crippen MR) is 140 cm³/mol. The van der Waals surface area contributed by atoms with Crippen molar-refractivity contribution in [1.82, 2.24) is 10.4 Å². The Labute approximate surface area is 205 Å². The van der Waals surface area contributed by atoms with Crippen LogP contribution in [0, 0.1) is 0 Å². The highest BCUT2D eigenvalue weighted by atomic mass is 16.5. The molecule has 0 atom stereocenters. The van der Waals surface area contributed by atoms with E-state index in [0.717, 1.165) is 40.6 Å². The van der Waals surface area contributed by atoms with E-state index in [1.807, 2.05) is 79.7 Å². The molecular formula is C29H29N3O3. The molecule has 178 valence electrons. The average molecular weight is 468 g/mol. The summed E-state index contributed by atoms with van der Waals surface area (Å²) in [5.41, 5.74) is 6.40. The molecule has 6 nitrogen and oxygen atoms in total. The fourth-order valence-corrected chi connectivity index (χ4v) is 3.66. The molecule has 0 saturated carbocycles. The maximum absolute atomic E-state index is 13.1. The molecule has 1 heterocycles. The molecule has 0 fully saturated rings. The van der Waals surface area contributed by atoms with E-state index in [4.69, 9.17) is 14.5 Å². The predicted octanol–water partition coefficient (Wildman–Crippen LogP) is 6.24. The first-order valence-corrected chi connectivity index (χ1v) is 11.9. The molecule has 0 aliphatic carbocycles. The number of carbonyl (C=O) groups excluding carboxylic acids is 1. The number of aromatic nitrogens is 1. The van der Waals surface area contributed by atoms with Gasteiger partial charge in [0.15, 0.2) is 11.5 Å². The molecule has 0 spiro atoms. The van der Waals surface area contributed by atoms with Gasteiger partial charge in [-0.25, -0.2) is 10.4 Å². The number of para-hydroxylation sites is 1. The van der Waals surface area contributed by atoms with Gasteiger partial charge >= 0.3 is 0 Å². The first-order chi connectivity index (χ1) is 17.2. The minimum atomic E-state index is -0.304. The SMILES string of the molecule is CCCCOc1ccc(/C=N/NC(=O)c2cc(-c3ccccc3)nc3ccccc23)cc1OCC. The maximum atomic E-state index is 13.1. The van der Waals surface area contributed by atoms with Crippen LogP contribution < -0.4 is 14.9 Å². The summed E-state index contributed by atoms with van der Waals surface area (Å²) in [6, 6.07) is 24.8. The number of nitrogens with zero attached hydrogens (tertiary/aromatic N) is 2. The summed E-state index contributed by atoms with van der Waals surface area (Å²) in [6.45, 7) is 5.22. The number of amides is 1. The van der Waals surface area contributed by atoms with Gasteiger partial charge in [0.25, 0.3) is 5.91 Å². The second-order valence-corrected chi connectivity index (χ2v) is 7.98. The largest absolute Gasteiger partial charge is 0.490 e. The van der Waals surface area contributed by atoms with Crippen LogP contribution in [0.1, 0.15) is 42.6 Å². The molecule has 35 heavy (non-hydrogen) atoms. The van der Waals surface area contributed by atoms with Crippen molar-refractivity contribution in [3.8, 4) is 22.8 Å². The van der Waals surface area contributed by atoms with E-state index >= 15 is 0 Å². The van der Waals surface area contributed by atoms with Gasteiger partial charge in [0.1, 0.15) is 0 Å². The lowest BCUT2D eigenvalue weighted by Gasteiger charge is -2.12. The number of ether oxygens (including phenoxy) is 2. The molecule has 0 bridgehead atoms. The number of unbranched alkanes of at least 4 members (excludes halogenated alkanes) is 1. The highest BCUT2D eigenvalue weighted by molar-refractivity contribution is 6.07. The van der Waals surface area contributed by atoms with Crippen LogP contribution in [0.2, 0.25) is 0 Å². The highest BCUT2D eigenvalue weighted by Gasteiger charge is 2.13. The lowest BCUT2D eigenvalue weighted by atomic mass is 10.0. The molecular weight excluding hydrogens is 438 g/mol. The molecule has 3 aromatic carbocycles. The Hall–Kier alpha value is -4.19. The number of rotatable bonds is 10. The summed E-state index contributed by atoms with van der Waals surface area (Å²) < 4.78 is 11.6. The quantitative estimate of drug-likeness (QED) is 0.170. The van der Waals surface area contributed by atoms with Crippen LogP contribution >= 0.6 is 0 Å². The van der Waals surface area contributed by atoms with Crippen LogP contribution in [-0.4, -0.2) is 30.3 Å². The zero-order chi connectivity index (χ0) is 24.5. The topological polar surface area (TPSA) is 72.8 Å². The molecule has 0 aliphatic rings. The van der Waals surface area contributed by atoms with Crippen LogP contribution in [0.15, 0.2) is 84.0 Å². The summed E-state index contributed by atoms with van der Waals surface area (Å²) in [5, 5.41) is 4.96. The van der Waals surface area contributed by atoms with Crippen molar-refractivity contribution >= 4 is 23.0 Å². The number of benzene rings is 3. The average Bonchev–Trinajstić information content (AvgIpc) is 2.90. The Morgan fingerprint density at radius 3 is 2.54 bits per heavy atom. The van der Waals surface area contributed by atoms with E-state index in [2.05, 4.69) is 17.5 Å². The molecule has 0 unspecified atom stereocenters. The van der Waals surface area contributed by atoms with Crippen molar-refractivity contribution in [1.29, 1.82) is 0 Å². The minimum absolute atomic E-state index is 0.304. The molecule has 1 aromatic heterocycles. The van der Waals surface area contributed by atoms with E-state index in [1.54, 1.807) is 12.3 Å². The van der Waals surface area contributed by atoms with Gasteiger partial charge in [-0.1, -0.05) is 61.9 Å². The molecule has 4 rings (SSSR count). The third-order valence-electron chi connectivity index (χ3n) is 5.43. The Kier molecular flexibility index (Phi) is 8.07. The molecule has 1 amide bonds. The Morgan fingerprint density at radius 1 is 0.943 bits per heavy atom. The lowest BCUT2D eigenvalue weighted by Crippen LogP contribution is -2.18. The number of nitrogens with one attached hydrogen (secondary N) is 1. The van der Waals surface area contributed by atoms with Gasteiger partial charge in [0.05, 0.1) is 36.2 Å². The smallest absolute Gasteiger partial charge is 0.272 e. The molecule has 0 radical (unpaired) electrons. The number of fused-ring (bicyclic) bond motifs is 1. The number of carbonyl (C=O) groups is 1. The highest BCUT2D eigenvalue weighted by Crippen LogP contribution is 2.28. The number of hydrogen-bond donors (Lipinski definition) is 1. The van der Waals surface area contributed by atoms with Gasteiger partial charge in [-0.05, 0) is 49.2 Å². The van der Waals surface area contributed by atoms with Crippen molar-refractivity contribution in [2.24, 2.45) is 5.10 Å². The third-order valence-corrected chi connectivity index (χ3v) is 5.43. The summed E-state index contributed by atoms with van der Waals surface area (Å²) in [6.07, 6.45) is 3.64. The van der Waals surface area contributed by atoms with Crippen molar-refractivity contribution in [3.05, 3.63) is 90.0 Å². The van der Waals surface area contributed by atoms with Crippen LogP contribution in [0.5, 0.6) is 11.5 Å². The molecule has 1 N–H and O–H groups in total. The molecule has 4 aromatic rings. The maximum Gasteiger partial charge on any atom is 0.272 e. The Bertz CT molecular complexity index is 1320. The van der Waals surface area contributed by atoms with E-state index < -0.39 is 0 Å². The second-order valence-electron chi connectivity index (χ2n) is 7.98. The molecule has 0 aliphatic heterocycles. The molecule has 0 saturated heterocycles. The van der Waals surface area contributed by atoms with Gasteiger partial charge in [-0.2, -0.15) is 5.10 Å². The van der Waals surface area contributed by atoms with E-state index in [1.165, 1.54) is 0 Å². The Morgan fingerprint density at radius 2 is 1.74 bits per heavy atom. The minimum Gasteiger partial charge on any atom is -0.490 e. The summed E-state index contributed by atoms with van der Waals surface area (Å²) in [4.78, 5) is 17.8. The fraction of sp³-hybridized carbons (Fsp3) is 0.207. The van der Waals surface area contributed by atoms with E-state index in [-0.39, 0.29) is 5.91 Å². The lowest BCUT2D eigenvalue weighted by molar-refractivity contribution is 0.0956. The van der Waals surface area contributed by atoms with Crippen LogP contribution in [-0.2, 0) is 0 Å². The molecule has 6 heteroatoms. The number of hydrazone groups is 1. The van der Waals surface area contributed by atoms with Crippen molar-refractivity contribution in [3.63, 3.8) is 0 Å². The monoisotopic (exact) mass is 467 g/mol. The third kappa shape index (κ3) is 6.03. The van der Waals surface area contributed by atoms with Gasteiger partial charge < -0.3 is 9.47 Å². The van der Waals surface area contributed by atoms with E-state index in [9.17, 15) is 4.79 Å². The van der Waals surface area contributed by atoms with Gasteiger partial charge in [0.2, 0.25) is 0 Å². The fourth-order valence-electron chi connectivity index (χ4n) is 3.66. The van der Waals surface area contributed by atoms with Gasteiger partial charge in [-0.15, -0.1) is 0 Å². The van der Waals surface area contributed by atoms with Crippen LogP contribution in [0.3, 0.4) is 0 Å². The zero-order valence-corrected chi connectivity index (χ0v) is 20.0. The standard InChI is InChI=1S/C29H29N3O3/c1-3-5-17-35-27-16-15-21(18-28(27)34-4-2)20-30-32-29(33)24-19-26(22-11-7-6-8-12-22)31-25-14-10-9-13-23(24)25/h6-16,18-20H,3-5,17H2,1-2H3,(H,32,33)/b30-20+. The number of hydrogen-bond acceptors (Lipinski definition) is 5. The van der Waals surface area contributed by atoms with Gasteiger partial charge in [0, 0.05) is 10.9 Å². The first-order valence-electron chi connectivity index (χ1n) is 11.9. The zero-order valence-electron chi connectivity index (χ0n) is 20.0. The van der Waals surface area contributed by atoms with Crippen molar-refractivity contribution in [2.75, 3.05) is 13.2 Å². The second kappa shape index (κ2) is 11.8. The van der Waals surface area contributed by atoms with Crippen molar-refractivity contribution in [2.45, 2.75) is 26.7 Å². The first kappa shape index (κ1) is 24.0.